The first kappa shape index (κ1) is 20.4. The summed E-state index contributed by atoms with van der Waals surface area (Å²) >= 11 is 3.46. The van der Waals surface area contributed by atoms with Crippen molar-refractivity contribution in [3.63, 3.8) is 0 Å². The van der Waals surface area contributed by atoms with Gasteiger partial charge in [-0.25, -0.2) is 0 Å². The molecule has 1 aliphatic heterocycles. The van der Waals surface area contributed by atoms with E-state index in [9.17, 15) is 9.59 Å². The van der Waals surface area contributed by atoms with Gasteiger partial charge in [0.2, 0.25) is 0 Å². The van der Waals surface area contributed by atoms with Crippen molar-refractivity contribution in [3.05, 3.63) is 70.7 Å². The summed E-state index contributed by atoms with van der Waals surface area (Å²) < 4.78 is 12.0. The number of nitrogens with one attached hydrogen (secondary N) is 1. The van der Waals surface area contributed by atoms with E-state index in [0.717, 1.165) is 15.2 Å². The molecule has 30 heavy (non-hydrogen) atoms. The van der Waals surface area contributed by atoms with Gasteiger partial charge in [0.15, 0.2) is 6.61 Å². The SMILES string of the molecule is O=C(COc1ccc2cc(Br)ccc2c1)Nc1ccccc1C(=O)N1CCOCC1. The Morgan fingerprint density at radius 3 is 2.57 bits per heavy atom. The maximum atomic E-state index is 12.8. The molecule has 6 nitrogen and oxygen atoms in total. The third-order valence-corrected chi connectivity index (χ3v) is 5.37. The molecular weight excluding hydrogens is 448 g/mol. The normalized spacial score (nSPS) is 13.8. The summed E-state index contributed by atoms with van der Waals surface area (Å²) in [7, 11) is 0. The van der Waals surface area contributed by atoms with Crippen LogP contribution in [0, 0.1) is 0 Å². The average Bonchev–Trinajstić information content (AvgIpc) is 2.78. The van der Waals surface area contributed by atoms with Gasteiger partial charge in [0.05, 0.1) is 24.5 Å². The minimum absolute atomic E-state index is 0.115. The van der Waals surface area contributed by atoms with Gasteiger partial charge in [-0.2, -0.15) is 0 Å². The van der Waals surface area contributed by atoms with Gasteiger partial charge in [0.1, 0.15) is 5.75 Å². The van der Waals surface area contributed by atoms with Crippen LogP contribution in [-0.2, 0) is 9.53 Å². The van der Waals surface area contributed by atoms with Crippen molar-refractivity contribution in [2.75, 3.05) is 38.2 Å². The van der Waals surface area contributed by atoms with E-state index in [-0.39, 0.29) is 18.4 Å². The molecule has 7 heteroatoms. The Morgan fingerprint density at radius 2 is 1.73 bits per heavy atom. The number of hydrogen-bond donors (Lipinski definition) is 1. The molecular formula is C23H21BrN2O4. The predicted molar refractivity (Wildman–Crippen MR) is 119 cm³/mol. The topological polar surface area (TPSA) is 67.9 Å². The summed E-state index contributed by atoms with van der Waals surface area (Å²) in [5, 5.41) is 4.90. The molecule has 0 aromatic heterocycles. The van der Waals surface area contributed by atoms with E-state index in [1.807, 2.05) is 36.4 Å². The predicted octanol–water partition coefficient (Wildman–Crippen LogP) is 4.09. The number of halogens is 1. The number of amides is 2. The number of anilines is 1. The van der Waals surface area contributed by atoms with Crippen LogP contribution < -0.4 is 10.1 Å². The molecule has 1 N–H and O–H groups in total. The number of morpholine rings is 1. The van der Waals surface area contributed by atoms with Crippen LogP contribution in [0.4, 0.5) is 5.69 Å². The first-order chi connectivity index (χ1) is 14.6. The largest absolute Gasteiger partial charge is 0.484 e. The maximum Gasteiger partial charge on any atom is 0.262 e. The lowest BCUT2D eigenvalue weighted by molar-refractivity contribution is -0.118. The van der Waals surface area contributed by atoms with E-state index in [1.54, 1.807) is 29.2 Å². The van der Waals surface area contributed by atoms with Gasteiger partial charge in [-0.05, 0) is 47.2 Å². The quantitative estimate of drug-likeness (QED) is 0.612. The van der Waals surface area contributed by atoms with Crippen LogP contribution in [0.1, 0.15) is 10.4 Å². The second-order valence-corrected chi connectivity index (χ2v) is 7.86. The van der Waals surface area contributed by atoms with Gasteiger partial charge in [-0.1, -0.05) is 40.2 Å². The fraction of sp³-hybridized carbons (Fsp3) is 0.217. The Labute approximate surface area is 182 Å². The molecule has 4 rings (SSSR count). The third-order valence-electron chi connectivity index (χ3n) is 4.87. The fourth-order valence-corrected chi connectivity index (χ4v) is 3.71. The van der Waals surface area contributed by atoms with Crippen LogP contribution in [0.5, 0.6) is 5.75 Å². The van der Waals surface area contributed by atoms with Crippen molar-refractivity contribution >= 4 is 44.2 Å². The molecule has 0 atom stereocenters. The van der Waals surface area contributed by atoms with E-state index in [2.05, 4.69) is 21.2 Å². The van der Waals surface area contributed by atoms with Crippen molar-refractivity contribution < 1.29 is 19.1 Å². The minimum atomic E-state index is -0.326. The average molecular weight is 469 g/mol. The molecule has 0 aliphatic carbocycles. The van der Waals surface area contributed by atoms with Crippen LogP contribution in [-0.4, -0.2) is 49.6 Å². The smallest absolute Gasteiger partial charge is 0.262 e. The Morgan fingerprint density at radius 1 is 1.00 bits per heavy atom. The number of carbonyl (C=O) groups is 2. The standard InChI is InChI=1S/C23H21BrN2O4/c24-18-7-5-17-14-19(8-6-16(17)13-18)30-15-22(27)25-21-4-2-1-3-20(21)23(28)26-9-11-29-12-10-26/h1-8,13-14H,9-12,15H2,(H,25,27). The molecule has 0 spiro atoms. The van der Waals surface area contributed by atoms with E-state index >= 15 is 0 Å². The summed E-state index contributed by atoms with van der Waals surface area (Å²) in [5.41, 5.74) is 0.940. The molecule has 3 aromatic rings. The highest BCUT2D eigenvalue weighted by atomic mass is 79.9. The Kier molecular flexibility index (Phi) is 6.30. The Balaban J connectivity index is 1.41. The van der Waals surface area contributed by atoms with Crippen molar-refractivity contribution in [1.29, 1.82) is 0 Å². The number of para-hydroxylation sites is 1. The maximum absolute atomic E-state index is 12.8. The molecule has 1 fully saturated rings. The highest BCUT2D eigenvalue weighted by Gasteiger charge is 2.21. The lowest BCUT2D eigenvalue weighted by Gasteiger charge is -2.27. The van der Waals surface area contributed by atoms with Crippen LogP contribution in [0.2, 0.25) is 0 Å². The molecule has 154 valence electrons. The number of nitrogens with zero attached hydrogens (tertiary/aromatic N) is 1. The summed E-state index contributed by atoms with van der Waals surface area (Å²) in [6, 6.07) is 18.7. The molecule has 0 unspecified atom stereocenters. The molecule has 2 amide bonds. The van der Waals surface area contributed by atoms with Gasteiger partial charge in [-0.3, -0.25) is 9.59 Å². The molecule has 1 heterocycles. The third kappa shape index (κ3) is 4.80. The number of carbonyl (C=O) groups excluding carboxylic acids is 2. The first-order valence-electron chi connectivity index (χ1n) is 9.68. The summed E-state index contributed by atoms with van der Waals surface area (Å²) in [6.45, 7) is 1.99. The lowest BCUT2D eigenvalue weighted by atomic mass is 10.1. The van der Waals surface area contributed by atoms with Gasteiger partial charge >= 0.3 is 0 Å². The number of fused-ring (bicyclic) bond motifs is 1. The number of hydrogen-bond acceptors (Lipinski definition) is 4. The van der Waals surface area contributed by atoms with Gasteiger partial charge in [0.25, 0.3) is 11.8 Å². The highest BCUT2D eigenvalue weighted by Crippen LogP contribution is 2.24. The fourth-order valence-electron chi connectivity index (χ4n) is 3.34. The van der Waals surface area contributed by atoms with Crippen molar-refractivity contribution in [3.8, 4) is 5.75 Å². The summed E-state index contributed by atoms with van der Waals surface area (Å²) in [5.74, 6) is 0.168. The van der Waals surface area contributed by atoms with Crippen molar-refractivity contribution in [1.82, 2.24) is 4.90 Å². The summed E-state index contributed by atoms with van der Waals surface area (Å²) in [4.78, 5) is 27.0. The molecule has 1 saturated heterocycles. The zero-order chi connectivity index (χ0) is 20.9. The monoisotopic (exact) mass is 468 g/mol. The van der Waals surface area contributed by atoms with Crippen LogP contribution >= 0.6 is 15.9 Å². The van der Waals surface area contributed by atoms with Gasteiger partial charge < -0.3 is 19.7 Å². The molecule has 0 bridgehead atoms. The minimum Gasteiger partial charge on any atom is -0.484 e. The van der Waals surface area contributed by atoms with Crippen molar-refractivity contribution in [2.45, 2.75) is 0 Å². The zero-order valence-corrected chi connectivity index (χ0v) is 17.9. The van der Waals surface area contributed by atoms with Crippen LogP contribution in [0.25, 0.3) is 10.8 Å². The van der Waals surface area contributed by atoms with E-state index in [4.69, 9.17) is 9.47 Å². The molecule has 0 saturated carbocycles. The number of rotatable bonds is 5. The van der Waals surface area contributed by atoms with Crippen LogP contribution in [0.15, 0.2) is 65.1 Å². The molecule has 1 aliphatic rings. The zero-order valence-electron chi connectivity index (χ0n) is 16.3. The van der Waals surface area contributed by atoms with E-state index in [0.29, 0.717) is 43.3 Å². The Hall–Kier alpha value is -2.90. The van der Waals surface area contributed by atoms with E-state index < -0.39 is 0 Å². The second kappa shape index (κ2) is 9.28. The molecule has 3 aromatic carbocycles. The second-order valence-electron chi connectivity index (χ2n) is 6.94. The lowest BCUT2D eigenvalue weighted by Crippen LogP contribution is -2.41. The highest BCUT2D eigenvalue weighted by molar-refractivity contribution is 9.10. The van der Waals surface area contributed by atoms with Gasteiger partial charge in [-0.15, -0.1) is 0 Å². The number of ether oxygens (including phenoxy) is 2. The van der Waals surface area contributed by atoms with Crippen molar-refractivity contribution in [2.24, 2.45) is 0 Å². The summed E-state index contributed by atoms with van der Waals surface area (Å²) in [6.07, 6.45) is 0. The Bertz CT molecular complexity index is 1080. The first-order valence-corrected chi connectivity index (χ1v) is 10.5. The molecule has 0 radical (unpaired) electrons. The number of benzene rings is 3. The van der Waals surface area contributed by atoms with E-state index in [1.165, 1.54) is 0 Å². The van der Waals surface area contributed by atoms with Crippen LogP contribution in [0.3, 0.4) is 0 Å². The van der Waals surface area contributed by atoms with Gasteiger partial charge in [0, 0.05) is 17.6 Å².